The minimum atomic E-state index is -0.643. The standard InChI is InChI=1S/C15H12N4O3S/c1-18-11-6-2-3-8-13(11)23-15(18)17-16-9-10-5-4-7-12(14(10)20)19(21)22/h2-9,20H,1H3/b16-9+,17-15-. The van der Waals surface area contributed by atoms with Crippen LogP contribution in [0.4, 0.5) is 5.69 Å². The van der Waals surface area contributed by atoms with Crippen molar-refractivity contribution in [3.05, 3.63) is 62.9 Å². The van der Waals surface area contributed by atoms with Crippen LogP contribution in [-0.4, -0.2) is 20.8 Å². The number of hydrogen-bond acceptors (Lipinski definition) is 6. The number of phenols is 1. The molecule has 0 bridgehead atoms. The van der Waals surface area contributed by atoms with Crippen LogP contribution in [0.25, 0.3) is 10.2 Å². The number of para-hydroxylation sites is 2. The van der Waals surface area contributed by atoms with Crippen LogP contribution in [0.5, 0.6) is 5.75 Å². The number of aromatic hydroxyl groups is 1. The van der Waals surface area contributed by atoms with Gasteiger partial charge >= 0.3 is 5.69 Å². The van der Waals surface area contributed by atoms with E-state index in [1.807, 2.05) is 35.9 Å². The molecule has 1 N–H and O–H groups in total. The van der Waals surface area contributed by atoms with E-state index in [9.17, 15) is 15.2 Å². The lowest BCUT2D eigenvalue weighted by Crippen LogP contribution is -2.08. The van der Waals surface area contributed by atoms with Gasteiger partial charge in [0.1, 0.15) is 0 Å². The van der Waals surface area contributed by atoms with E-state index in [1.54, 1.807) is 0 Å². The van der Waals surface area contributed by atoms with Crippen molar-refractivity contribution in [1.82, 2.24) is 4.57 Å². The van der Waals surface area contributed by atoms with Crippen molar-refractivity contribution in [3.8, 4) is 5.75 Å². The molecule has 0 radical (unpaired) electrons. The van der Waals surface area contributed by atoms with Crippen LogP contribution in [-0.2, 0) is 7.05 Å². The minimum absolute atomic E-state index is 0.242. The number of nitro benzene ring substituents is 1. The van der Waals surface area contributed by atoms with E-state index < -0.39 is 10.7 Å². The molecule has 0 spiro atoms. The Kier molecular flexibility index (Phi) is 3.90. The monoisotopic (exact) mass is 328 g/mol. The molecule has 3 rings (SSSR count). The summed E-state index contributed by atoms with van der Waals surface area (Å²) in [6, 6.07) is 12.1. The molecule has 116 valence electrons. The first-order chi connectivity index (χ1) is 11.1. The summed E-state index contributed by atoms with van der Waals surface area (Å²) in [5.41, 5.74) is 0.928. The Bertz CT molecular complexity index is 988. The van der Waals surface area contributed by atoms with E-state index in [4.69, 9.17) is 0 Å². The second-order valence-corrected chi connectivity index (χ2v) is 5.74. The number of nitrogens with zero attached hydrogens (tertiary/aromatic N) is 4. The van der Waals surface area contributed by atoms with Gasteiger partial charge in [0.2, 0.25) is 10.6 Å². The predicted molar refractivity (Wildman–Crippen MR) is 88.7 cm³/mol. The zero-order valence-electron chi connectivity index (χ0n) is 12.1. The lowest BCUT2D eigenvalue weighted by Gasteiger charge is -1.98. The average Bonchev–Trinajstić information content (AvgIpc) is 2.85. The van der Waals surface area contributed by atoms with Crippen molar-refractivity contribution < 1.29 is 10.0 Å². The third-order valence-corrected chi connectivity index (χ3v) is 4.40. The van der Waals surface area contributed by atoms with E-state index in [0.29, 0.717) is 4.80 Å². The average molecular weight is 328 g/mol. The Morgan fingerprint density at radius 3 is 2.78 bits per heavy atom. The van der Waals surface area contributed by atoms with Gasteiger partial charge in [0, 0.05) is 18.7 Å². The van der Waals surface area contributed by atoms with E-state index in [1.165, 1.54) is 35.8 Å². The van der Waals surface area contributed by atoms with Crippen LogP contribution >= 0.6 is 11.3 Å². The number of fused-ring (bicyclic) bond motifs is 1. The highest BCUT2D eigenvalue weighted by Gasteiger charge is 2.14. The van der Waals surface area contributed by atoms with Crippen LogP contribution in [0.15, 0.2) is 52.7 Å². The van der Waals surface area contributed by atoms with Gasteiger partial charge in [-0.1, -0.05) is 29.5 Å². The maximum absolute atomic E-state index is 10.8. The molecule has 23 heavy (non-hydrogen) atoms. The number of thiazole rings is 1. The second kappa shape index (κ2) is 6.01. The number of rotatable bonds is 3. The van der Waals surface area contributed by atoms with Gasteiger partial charge in [-0.05, 0) is 18.2 Å². The molecule has 0 aliphatic heterocycles. The molecule has 0 saturated heterocycles. The highest BCUT2D eigenvalue weighted by Crippen LogP contribution is 2.27. The van der Waals surface area contributed by atoms with Crippen molar-refractivity contribution >= 4 is 33.5 Å². The first kappa shape index (κ1) is 14.9. The summed E-state index contributed by atoms with van der Waals surface area (Å²) in [6.45, 7) is 0. The van der Waals surface area contributed by atoms with E-state index in [0.717, 1.165) is 10.2 Å². The lowest BCUT2D eigenvalue weighted by molar-refractivity contribution is -0.385. The highest BCUT2D eigenvalue weighted by atomic mass is 32.1. The topological polar surface area (TPSA) is 93.0 Å². The molecule has 0 amide bonds. The van der Waals surface area contributed by atoms with Gasteiger partial charge in [0.05, 0.1) is 21.4 Å². The van der Waals surface area contributed by atoms with Gasteiger partial charge in [-0.2, -0.15) is 5.10 Å². The molecule has 1 aromatic heterocycles. The molecule has 0 fully saturated rings. The fourth-order valence-electron chi connectivity index (χ4n) is 2.12. The molecule has 7 nitrogen and oxygen atoms in total. The Balaban J connectivity index is 1.99. The quantitative estimate of drug-likeness (QED) is 0.455. The Hall–Kier alpha value is -3.00. The molecule has 2 aromatic carbocycles. The fourth-order valence-corrected chi connectivity index (χ4v) is 3.09. The van der Waals surface area contributed by atoms with Crippen LogP contribution in [0.3, 0.4) is 0 Å². The summed E-state index contributed by atoms with van der Waals surface area (Å²) in [5, 5.41) is 28.7. The smallest absolute Gasteiger partial charge is 0.311 e. The van der Waals surface area contributed by atoms with Crippen LogP contribution in [0, 0.1) is 10.1 Å². The van der Waals surface area contributed by atoms with Gasteiger partial charge in [-0.15, -0.1) is 5.10 Å². The number of phenolic OH excluding ortho intramolecular Hbond substituents is 1. The van der Waals surface area contributed by atoms with E-state index >= 15 is 0 Å². The van der Waals surface area contributed by atoms with Crippen LogP contribution < -0.4 is 4.80 Å². The van der Waals surface area contributed by atoms with E-state index in [2.05, 4.69) is 10.2 Å². The number of aryl methyl sites for hydroxylation is 1. The largest absolute Gasteiger partial charge is 0.502 e. The molecule has 0 aliphatic carbocycles. The molecule has 0 unspecified atom stereocenters. The zero-order valence-corrected chi connectivity index (χ0v) is 12.9. The lowest BCUT2D eigenvalue weighted by atomic mass is 10.2. The third-order valence-electron chi connectivity index (χ3n) is 3.30. The van der Waals surface area contributed by atoms with Crippen molar-refractivity contribution in [2.45, 2.75) is 0 Å². The summed E-state index contributed by atoms with van der Waals surface area (Å²) in [7, 11) is 1.89. The number of benzene rings is 2. The molecular formula is C15H12N4O3S. The third kappa shape index (κ3) is 2.84. The molecular weight excluding hydrogens is 316 g/mol. The summed E-state index contributed by atoms with van der Waals surface area (Å²) in [5.74, 6) is -0.419. The fraction of sp³-hybridized carbons (Fsp3) is 0.0667. The molecule has 8 heteroatoms. The normalized spacial score (nSPS) is 12.3. The maximum atomic E-state index is 10.8. The second-order valence-electron chi connectivity index (χ2n) is 4.73. The first-order valence-corrected chi connectivity index (χ1v) is 7.47. The molecule has 0 aliphatic rings. The van der Waals surface area contributed by atoms with Gasteiger partial charge in [-0.25, -0.2) is 0 Å². The van der Waals surface area contributed by atoms with Crippen molar-refractivity contribution in [3.63, 3.8) is 0 Å². The first-order valence-electron chi connectivity index (χ1n) is 6.66. The predicted octanol–water partition coefficient (Wildman–Crippen LogP) is 2.79. The Morgan fingerprint density at radius 1 is 1.26 bits per heavy atom. The maximum Gasteiger partial charge on any atom is 0.311 e. The molecule has 1 heterocycles. The van der Waals surface area contributed by atoms with E-state index in [-0.39, 0.29) is 11.3 Å². The molecule has 0 atom stereocenters. The van der Waals surface area contributed by atoms with Crippen molar-refractivity contribution in [2.75, 3.05) is 0 Å². The molecule has 0 saturated carbocycles. The zero-order chi connectivity index (χ0) is 16.4. The van der Waals surface area contributed by atoms with Gasteiger partial charge < -0.3 is 9.67 Å². The summed E-state index contributed by atoms with van der Waals surface area (Å²) in [4.78, 5) is 10.8. The highest BCUT2D eigenvalue weighted by molar-refractivity contribution is 7.16. The Morgan fingerprint density at radius 2 is 2.04 bits per heavy atom. The van der Waals surface area contributed by atoms with Crippen molar-refractivity contribution in [1.29, 1.82) is 0 Å². The van der Waals surface area contributed by atoms with Crippen molar-refractivity contribution in [2.24, 2.45) is 17.3 Å². The van der Waals surface area contributed by atoms with Gasteiger partial charge in [-0.3, -0.25) is 10.1 Å². The number of nitro groups is 1. The SMILES string of the molecule is Cn1/c(=N/N=C/c2cccc([N+](=O)[O-])c2O)sc2ccccc21. The Labute approximate surface area is 134 Å². The van der Waals surface area contributed by atoms with Crippen LogP contribution in [0.1, 0.15) is 5.56 Å². The summed E-state index contributed by atoms with van der Waals surface area (Å²) < 4.78 is 2.99. The van der Waals surface area contributed by atoms with Crippen LogP contribution in [0.2, 0.25) is 0 Å². The molecule has 3 aromatic rings. The number of hydrogen-bond donors (Lipinski definition) is 1. The summed E-state index contributed by atoms with van der Waals surface area (Å²) >= 11 is 1.48. The summed E-state index contributed by atoms with van der Waals surface area (Å²) in [6.07, 6.45) is 1.30. The van der Waals surface area contributed by atoms with Gasteiger partial charge in [0.15, 0.2) is 0 Å². The van der Waals surface area contributed by atoms with Gasteiger partial charge in [0.25, 0.3) is 0 Å². The number of aromatic nitrogens is 1. The minimum Gasteiger partial charge on any atom is -0.502 e.